The molecule has 8 heteroatoms. The molecule has 31 heavy (non-hydrogen) atoms. The Balaban J connectivity index is 1.81. The standard InChI is InChI=1S/C23H28N4O4/c1-4-26-16(2)20(22(28)31-3)21(18-8-6-5-7-9-18)25-23(26)24-15-14-17-10-12-19(13-11-17)27(29)30/h5-13,16,20-21H,4,14-15H2,1-3H3,(H,24,25). The molecule has 1 heterocycles. The van der Waals surface area contributed by atoms with Crippen molar-refractivity contribution in [3.05, 3.63) is 75.8 Å². The number of esters is 1. The number of ether oxygens (including phenoxy) is 1. The Morgan fingerprint density at radius 2 is 1.87 bits per heavy atom. The number of aliphatic imine (C=N–C) groups is 1. The molecule has 164 valence electrons. The molecular formula is C23H28N4O4. The van der Waals surface area contributed by atoms with Crippen LogP contribution in [0.25, 0.3) is 0 Å². The van der Waals surface area contributed by atoms with Crippen LogP contribution < -0.4 is 5.32 Å². The number of nitro benzene ring substituents is 1. The van der Waals surface area contributed by atoms with E-state index in [1.54, 1.807) is 12.1 Å². The van der Waals surface area contributed by atoms with Crippen LogP contribution in [0, 0.1) is 16.0 Å². The highest BCUT2D eigenvalue weighted by Crippen LogP contribution is 2.32. The number of methoxy groups -OCH3 is 1. The fraction of sp³-hybridized carbons (Fsp3) is 0.391. The Labute approximate surface area is 182 Å². The summed E-state index contributed by atoms with van der Waals surface area (Å²) in [5.41, 5.74) is 2.06. The molecule has 1 aliphatic rings. The van der Waals surface area contributed by atoms with Gasteiger partial charge in [0, 0.05) is 31.3 Å². The molecule has 3 rings (SSSR count). The number of nitrogens with one attached hydrogen (secondary N) is 1. The Hall–Kier alpha value is -3.42. The summed E-state index contributed by atoms with van der Waals surface area (Å²) in [5.74, 6) is 0.115. The van der Waals surface area contributed by atoms with Gasteiger partial charge in [-0.3, -0.25) is 19.9 Å². The highest BCUT2D eigenvalue weighted by atomic mass is 16.6. The molecule has 1 aliphatic heterocycles. The number of carbonyl (C=O) groups excluding carboxylic acids is 1. The zero-order chi connectivity index (χ0) is 22.4. The molecule has 3 atom stereocenters. The van der Waals surface area contributed by atoms with E-state index in [0.717, 1.165) is 17.1 Å². The minimum Gasteiger partial charge on any atom is -0.469 e. The maximum atomic E-state index is 12.6. The first-order valence-corrected chi connectivity index (χ1v) is 10.4. The molecule has 1 fully saturated rings. The van der Waals surface area contributed by atoms with Crippen LogP contribution in [0.3, 0.4) is 0 Å². The van der Waals surface area contributed by atoms with Gasteiger partial charge >= 0.3 is 5.97 Å². The molecule has 0 aromatic heterocycles. The second-order valence-corrected chi connectivity index (χ2v) is 7.49. The number of carbonyl (C=O) groups is 1. The lowest BCUT2D eigenvalue weighted by Crippen LogP contribution is -2.60. The molecular weight excluding hydrogens is 396 g/mol. The van der Waals surface area contributed by atoms with Crippen LogP contribution >= 0.6 is 0 Å². The molecule has 0 spiro atoms. The van der Waals surface area contributed by atoms with Crippen molar-refractivity contribution in [1.82, 2.24) is 10.2 Å². The summed E-state index contributed by atoms with van der Waals surface area (Å²) in [5, 5.41) is 14.3. The number of non-ortho nitro benzene ring substituents is 1. The van der Waals surface area contributed by atoms with Gasteiger partial charge in [0.25, 0.3) is 5.69 Å². The number of hydrogen-bond donors (Lipinski definition) is 1. The normalized spacial score (nSPS) is 22.1. The van der Waals surface area contributed by atoms with E-state index in [2.05, 4.69) is 10.2 Å². The summed E-state index contributed by atoms with van der Waals surface area (Å²) in [7, 11) is 1.42. The van der Waals surface area contributed by atoms with Crippen LogP contribution in [0.2, 0.25) is 0 Å². The quantitative estimate of drug-likeness (QED) is 0.416. The molecule has 0 bridgehead atoms. The lowest BCUT2D eigenvalue weighted by atomic mass is 9.85. The van der Waals surface area contributed by atoms with Crippen molar-refractivity contribution in [3.8, 4) is 0 Å². The third-order valence-electron chi connectivity index (χ3n) is 5.71. The summed E-state index contributed by atoms with van der Waals surface area (Å²) < 4.78 is 5.11. The van der Waals surface area contributed by atoms with E-state index >= 15 is 0 Å². The second kappa shape index (κ2) is 10.1. The molecule has 0 saturated carbocycles. The Bertz CT molecular complexity index is 930. The van der Waals surface area contributed by atoms with Crippen LogP contribution in [-0.4, -0.2) is 48.0 Å². The Morgan fingerprint density at radius 3 is 2.45 bits per heavy atom. The van der Waals surface area contributed by atoms with Gasteiger partial charge in [-0.2, -0.15) is 0 Å². The molecule has 0 radical (unpaired) electrons. The maximum absolute atomic E-state index is 12.6. The summed E-state index contributed by atoms with van der Waals surface area (Å²) >= 11 is 0. The Morgan fingerprint density at radius 1 is 1.19 bits per heavy atom. The molecule has 0 amide bonds. The van der Waals surface area contributed by atoms with Gasteiger partial charge in [0.05, 0.1) is 18.1 Å². The van der Waals surface area contributed by atoms with Crippen molar-refractivity contribution in [2.24, 2.45) is 10.9 Å². The number of rotatable bonds is 7. The summed E-state index contributed by atoms with van der Waals surface area (Å²) in [6.45, 7) is 5.27. The topological polar surface area (TPSA) is 97.1 Å². The smallest absolute Gasteiger partial charge is 0.313 e. The maximum Gasteiger partial charge on any atom is 0.313 e. The number of guanidine groups is 1. The predicted octanol–water partition coefficient (Wildman–Crippen LogP) is 3.34. The van der Waals surface area contributed by atoms with Gasteiger partial charge in [-0.05, 0) is 31.4 Å². The lowest BCUT2D eigenvalue weighted by molar-refractivity contribution is -0.384. The number of nitro groups is 1. The van der Waals surface area contributed by atoms with E-state index in [9.17, 15) is 14.9 Å². The molecule has 1 saturated heterocycles. The van der Waals surface area contributed by atoms with Crippen LogP contribution in [-0.2, 0) is 16.0 Å². The van der Waals surface area contributed by atoms with Crippen molar-refractivity contribution in [2.45, 2.75) is 32.4 Å². The van der Waals surface area contributed by atoms with Gasteiger partial charge < -0.3 is 15.0 Å². The summed E-state index contributed by atoms with van der Waals surface area (Å²) in [6.07, 6.45) is 0.658. The van der Waals surface area contributed by atoms with Crippen molar-refractivity contribution >= 4 is 17.6 Å². The zero-order valence-electron chi connectivity index (χ0n) is 18.0. The van der Waals surface area contributed by atoms with Gasteiger partial charge in [0.15, 0.2) is 5.96 Å². The van der Waals surface area contributed by atoms with E-state index < -0.39 is 4.92 Å². The zero-order valence-corrected chi connectivity index (χ0v) is 18.0. The van der Waals surface area contributed by atoms with Gasteiger partial charge in [-0.1, -0.05) is 42.5 Å². The van der Waals surface area contributed by atoms with Gasteiger partial charge in [0.1, 0.15) is 5.92 Å². The van der Waals surface area contributed by atoms with Crippen LogP contribution in [0.4, 0.5) is 5.69 Å². The van der Waals surface area contributed by atoms with Gasteiger partial charge in [-0.15, -0.1) is 0 Å². The van der Waals surface area contributed by atoms with Crippen LogP contribution in [0.5, 0.6) is 0 Å². The molecule has 2 aromatic carbocycles. The van der Waals surface area contributed by atoms with E-state index in [1.807, 2.05) is 44.2 Å². The third kappa shape index (κ3) is 5.02. The van der Waals surface area contributed by atoms with Crippen LogP contribution in [0.15, 0.2) is 59.6 Å². The fourth-order valence-corrected chi connectivity index (χ4v) is 4.05. The lowest BCUT2D eigenvalue weighted by Gasteiger charge is -2.45. The molecule has 2 aromatic rings. The summed E-state index contributed by atoms with van der Waals surface area (Å²) in [6, 6.07) is 16.0. The van der Waals surface area contributed by atoms with Crippen molar-refractivity contribution in [1.29, 1.82) is 0 Å². The van der Waals surface area contributed by atoms with E-state index in [1.165, 1.54) is 19.2 Å². The molecule has 0 aliphatic carbocycles. The predicted molar refractivity (Wildman–Crippen MR) is 119 cm³/mol. The van der Waals surface area contributed by atoms with Gasteiger partial charge in [0.2, 0.25) is 0 Å². The van der Waals surface area contributed by atoms with E-state index in [0.29, 0.717) is 19.5 Å². The largest absolute Gasteiger partial charge is 0.469 e. The average molecular weight is 425 g/mol. The highest BCUT2D eigenvalue weighted by molar-refractivity contribution is 5.85. The number of benzene rings is 2. The first kappa shape index (κ1) is 22.3. The van der Waals surface area contributed by atoms with E-state index in [4.69, 9.17) is 9.73 Å². The molecule has 1 N–H and O–H groups in total. The van der Waals surface area contributed by atoms with E-state index in [-0.39, 0.29) is 29.7 Å². The van der Waals surface area contributed by atoms with Crippen molar-refractivity contribution < 1.29 is 14.5 Å². The van der Waals surface area contributed by atoms with Gasteiger partial charge in [-0.25, -0.2) is 0 Å². The second-order valence-electron chi connectivity index (χ2n) is 7.49. The first-order chi connectivity index (χ1) is 15.0. The van der Waals surface area contributed by atoms with Crippen molar-refractivity contribution in [2.75, 3.05) is 20.2 Å². The minimum atomic E-state index is -0.405. The van der Waals surface area contributed by atoms with Crippen molar-refractivity contribution in [3.63, 3.8) is 0 Å². The molecule has 3 unspecified atom stereocenters. The molecule has 8 nitrogen and oxygen atoms in total. The van der Waals surface area contributed by atoms with Crippen LogP contribution in [0.1, 0.15) is 31.0 Å². The minimum absolute atomic E-state index is 0.0783. The summed E-state index contributed by atoms with van der Waals surface area (Å²) in [4.78, 5) is 29.9. The highest BCUT2D eigenvalue weighted by Gasteiger charge is 2.43. The monoisotopic (exact) mass is 424 g/mol. The SMILES string of the molecule is CCN1C(=NCCc2ccc([N+](=O)[O-])cc2)NC(c2ccccc2)C(C(=O)OC)C1C. The third-order valence-corrected chi connectivity index (χ3v) is 5.71. The number of hydrogen-bond acceptors (Lipinski definition) is 5. The fourth-order valence-electron chi connectivity index (χ4n) is 4.05. The average Bonchev–Trinajstić information content (AvgIpc) is 2.79. The first-order valence-electron chi connectivity index (χ1n) is 10.4. The Kier molecular flexibility index (Phi) is 7.23. The number of nitrogens with zero attached hydrogens (tertiary/aromatic N) is 3.